The van der Waals surface area contributed by atoms with E-state index in [-0.39, 0.29) is 28.0 Å². The second-order valence-corrected chi connectivity index (χ2v) is 7.85. The first-order valence-electron chi connectivity index (χ1n) is 10.00. The maximum Gasteiger partial charge on any atom is 0.312 e. The van der Waals surface area contributed by atoms with Crippen LogP contribution < -0.4 is 10.2 Å². The molecule has 4 N–H and O–H groups in total. The van der Waals surface area contributed by atoms with Gasteiger partial charge >= 0.3 is 5.97 Å². The molecule has 8 nitrogen and oxygen atoms in total. The van der Waals surface area contributed by atoms with Gasteiger partial charge < -0.3 is 29.6 Å². The summed E-state index contributed by atoms with van der Waals surface area (Å²) < 4.78 is 52.4. The summed E-state index contributed by atoms with van der Waals surface area (Å²) in [5.41, 5.74) is -1.76. The van der Waals surface area contributed by atoms with Crippen LogP contribution in [0.25, 0.3) is 22.3 Å². The molecule has 0 amide bonds. The molecular formula is C24H13F3O8. The number of phenolic OH excluding ortho intramolecular Hbond substituents is 3. The van der Waals surface area contributed by atoms with E-state index < -0.39 is 75.3 Å². The molecule has 0 bridgehead atoms. The molecule has 2 heterocycles. The van der Waals surface area contributed by atoms with E-state index in [1.807, 2.05) is 0 Å². The number of benzene rings is 3. The highest BCUT2D eigenvalue weighted by Gasteiger charge is 2.35. The van der Waals surface area contributed by atoms with Gasteiger partial charge in [0.05, 0.1) is 6.42 Å². The molecule has 1 aliphatic heterocycles. The largest absolute Gasteiger partial charge is 0.507 e. The molecule has 1 aromatic heterocycles. The summed E-state index contributed by atoms with van der Waals surface area (Å²) in [6.45, 7) is 0. The number of hydrogen-bond donors (Lipinski definition) is 4. The third-order valence-electron chi connectivity index (χ3n) is 5.71. The summed E-state index contributed by atoms with van der Waals surface area (Å²) in [5, 5.41) is 39.8. The highest BCUT2D eigenvalue weighted by molar-refractivity contribution is 5.94. The Kier molecular flexibility index (Phi) is 4.86. The molecule has 0 saturated heterocycles. The van der Waals surface area contributed by atoms with Crippen LogP contribution in [0.2, 0.25) is 0 Å². The Hall–Kier alpha value is -4.67. The van der Waals surface area contributed by atoms with Crippen molar-refractivity contribution in [2.75, 3.05) is 0 Å². The van der Waals surface area contributed by atoms with Gasteiger partial charge in [0, 0.05) is 23.1 Å². The zero-order chi connectivity index (χ0) is 25.2. The maximum atomic E-state index is 14.0. The zero-order valence-electron chi connectivity index (χ0n) is 17.3. The SMILES string of the molecule is O=C1C[C@H](c2cc(F)c(F)c(F)c2)c2c(cc(O)c3c(=O)c(O)c(-c4ccc(O)c(O)c4)oc23)O1. The third kappa shape index (κ3) is 3.39. The van der Waals surface area contributed by atoms with Crippen molar-refractivity contribution < 1.29 is 47.5 Å². The lowest BCUT2D eigenvalue weighted by atomic mass is 9.85. The van der Waals surface area contributed by atoms with Gasteiger partial charge in [-0.1, -0.05) is 0 Å². The molecular weight excluding hydrogens is 473 g/mol. The van der Waals surface area contributed by atoms with Gasteiger partial charge in [-0.05, 0) is 35.9 Å². The summed E-state index contributed by atoms with van der Waals surface area (Å²) in [7, 11) is 0. The molecule has 0 radical (unpaired) electrons. The van der Waals surface area contributed by atoms with E-state index in [1.165, 1.54) is 6.07 Å². The van der Waals surface area contributed by atoms with E-state index in [9.17, 15) is 43.2 Å². The van der Waals surface area contributed by atoms with E-state index in [1.54, 1.807) is 0 Å². The van der Waals surface area contributed by atoms with Gasteiger partial charge in [-0.3, -0.25) is 9.59 Å². The first kappa shape index (κ1) is 22.1. The monoisotopic (exact) mass is 486 g/mol. The Morgan fingerprint density at radius 3 is 2.20 bits per heavy atom. The number of aromatic hydroxyl groups is 4. The minimum absolute atomic E-state index is 0.0443. The first-order chi connectivity index (χ1) is 16.6. The number of esters is 1. The van der Waals surface area contributed by atoms with Crippen LogP contribution in [0.15, 0.2) is 45.6 Å². The van der Waals surface area contributed by atoms with Crippen molar-refractivity contribution in [3.05, 3.63) is 75.2 Å². The highest BCUT2D eigenvalue weighted by Crippen LogP contribution is 2.47. The van der Waals surface area contributed by atoms with Crippen LogP contribution in [0.3, 0.4) is 0 Å². The van der Waals surface area contributed by atoms with Crippen molar-refractivity contribution in [1.29, 1.82) is 0 Å². The standard InChI is InChI=1S/C24H13F3O8/c25-11-3-9(4-12(26)20(11)27)10-6-17(31)34-16-7-15(30)19-21(32)22(33)23(35-24(19)18(10)16)8-1-2-13(28)14(29)5-8/h1-5,7,10,28-30,33H,6H2/t10-/m1/s1. The number of phenols is 3. The predicted octanol–water partition coefficient (Wildman–Crippen LogP) is 4.14. The molecule has 0 spiro atoms. The van der Waals surface area contributed by atoms with E-state index in [4.69, 9.17) is 9.15 Å². The smallest absolute Gasteiger partial charge is 0.312 e. The van der Waals surface area contributed by atoms with Gasteiger partial charge in [0.15, 0.2) is 34.7 Å². The Bertz CT molecular complexity index is 1600. The van der Waals surface area contributed by atoms with Crippen molar-refractivity contribution in [3.8, 4) is 40.1 Å². The summed E-state index contributed by atoms with van der Waals surface area (Å²) >= 11 is 0. The number of fused-ring (bicyclic) bond motifs is 3. The molecule has 11 heteroatoms. The maximum absolute atomic E-state index is 14.0. The fraction of sp³-hybridized carbons (Fsp3) is 0.0833. The van der Waals surface area contributed by atoms with Crippen LogP contribution in [-0.2, 0) is 4.79 Å². The third-order valence-corrected chi connectivity index (χ3v) is 5.71. The van der Waals surface area contributed by atoms with Gasteiger partial charge in [0.1, 0.15) is 22.5 Å². The molecule has 3 aromatic carbocycles. The fourth-order valence-corrected chi connectivity index (χ4v) is 4.10. The Morgan fingerprint density at radius 2 is 1.54 bits per heavy atom. The molecule has 4 aromatic rings. The highest BCUT2D eigenvalue weighted by atomic mass is 19.2. The van der Waals surface area contributed by atoms with Crippen molar-refractivity contribution in [2.24, 2.45) is 0 Å². The van der Waals surface area contributed by atoms with Crippen LogP contribution >= 0.6 is 0 Å². The summed E-state index contributed by atoms with van der Waals surface area (Å²) in [5.74, 6) is -10.3. The fourth-order valence-electron chi connectivity index (χ4n) is 4.10. The van der Waals surface area contributed by atoms with Crippen molar-refractivity contribution in [1.82, 2.24) is 0 Å². The lowest BCUT2D eigenvalue weighted by Gasteiger charge is -2.26. The minimum Gasteiger partial charge on any atom is -0.507 e. The number of carbonyl (C=O) groups excluding carboxylic acids is 1. The van der Waals surface area contributed by atoms with Crippen LogP contribution in [-0.4, -0.2) is 26.4 Å². The summed E-state index contributed by atoms with van der Waals surface area (Å²) in [4.78, 5) is 25.2. The van der Waals surface area contributed by atoms with Gasteiger partial charge in [-0.15, -0.1) is 0 Å². The molecule has 0 unspecified atom stereocenters. The Morgan fingerprint density at radius 1 is 0.857 bits per heavy atom. The number of carbonyl (C=O) groups is 1. The van der Waals surface area contributed by atoms with Gasteiger partial charge in [0.2, 0.25) is 11.2 Å². The van der Waals surface area contributed by atoms with Gasteiger partial charge in [-0.2, -0.15) is 0 Å². The molecule has 35 heavy (non-hydrogen) atoms. The lowest BCUT2D eigenvalue weighted by Crippen LogP contribution is -2.22. The second kappa shape index (κ2) is 7.69. The van der Waals surface area contributed by atoms with E-state index >= 15 is 0 Å². The number of rotatable bonds is 2. The second-order valence-electron chi connectivity index (χ2n) is 7.85. The van der Waals surface area contributed by atoms with Crippen LogP contribution in [0.5, 0.6) is 28.7 Å². The van der Waals surface area contributed by atoms with Crippen LogP contribution in [0.1, 0.15) is 23.5 Å². The number of hydrogen-bond acceptors (Lipinski definition) is 8. The summed E-state index contributed by atoms with van der Waals surface area (Å²) in [6, 6.07) is 5.57. The lowest BCUT2D eigenvalue weighted by molar-refractivity contribution is -0.135. The molecule has 1 atom stereocenters. The van der Waals surface area contributed by atoms with Gasteiger partial charge in [-0.25, -0.2) is 13.2 Å². The quantitative estimate of drug-likeness (QED) is 0.144. The minimum atomic E-state index is -1.71. The molecule has 5 rings (SSSR count). The van der Waals surface area contributed by atoms with Crippen molar-refractivity contribution in [2.45, 2.75) is 12.3 Å². The summed E-state index contributed by atoms with van der Waals surface area (Å²) in [6.07, 6.45) is -0.475. The topological polar surface area (TPSA) is 137 Å². The number of halogens is 3. The Labute approximate surface area is 192 Å². The van der Waals surface area contributed by atoms with Crippen molar-refractivity contribution in [3.63, 3.8) is 0 Å². The van der Waals surface area contributed by atoms with E-state index in [0.29, 0.717) is 12.1 Å². The molecule has 0 aliphatic carbocycles. The predicted molar refractivity (Wildman–Crippen MR) is 113 cm³/mol. The van der Waals surface area contributed by atoms with Crippen LogP contribution in [0, 0.1) is 17.5 Å². The average Bonchev–Trinajstić information content (AvgIpc) is 2.80. The normalized spacial score (nSPS) is 15.2. The molecule has 0 saturated carbocycles. The molecule has 0 fully saturated rings. The van der Waals surface area contributed by atoms with Crippen LogP contribution in [0.4, 0.5) is 13.2 Å². The van der Waals surface area contributed by atoms with E-state index in [0.717, 1.165) is 18.2 Å². The zero-order valence-corrected chi connectivity index (χ0v) is 17.3. The average molecular weight is 486 g/mol. The first-order valence-corrected chi connectivity index (χ1v) is 10.00. The molecule has 1 aliphatic rings. The van der Waals surface area contributed by atoms with Crippen molar-refractivity contribution >= 4 is 16.9 Å². The Balaban J connectivity index is 1.86. The van der Waals surface area contributed by atoms with E-state index in [2.05, 4.69) is 0 Å². The molecule has 178 valence electrons. The number of ether oxygens (including phenoxy) is 1. The van der Waals surface area contributed by atoms with Gasteiger partial charge in [0.25, 0.3) is 0 Å².